The van der Waals surface area contributed by atoms with Crippen molar-refractivity contribution in [1.82, 2.24) is 15.5 Å². The molecule has 3 heterocycles. The molecule has 7 rings (SSSR count). The largest absolute Gasteiger partial charge is 0.369 e. The zero-order chi connectivity index (χ0) is 24.3. The maximum absolute atomic E-state index is 13.2. The summed E-state index contributed by atoms with van der Waals surface area (Å²) in [6, 6.07) is 23.4. The Bertz CT molecular complexity index is 1500. The number of para-hydroxylation sites is 1. The second-order valence-corrected chi connectivity index (χ2v) is 10.2. The molecule has 3 aromatic carbocycles. The highest BCUT2D eigenvalue weighted by molar-refractivity contribution is 6.11. The van der Waals surface area contributed by atoms with Gasteiger partial charge in [0.25, 0.3) is 0 Å². The number of hydrogen-bond acceptors (Lipinski definition) is 4. The van der Waals surface area contributed by atoms with Crippen molar-refractivity contribution in [3.05, 3.63) is 89.1 Å². The third kappa shape index (κ3) is 3.21. The van der Waals surface area contributed by atoms with Crippen LogP contribution in [0.15, 0.2) is 66.7 Å². The molecule has 180 valence electrons. The first kappa shape index (κ1) is 21.4. The number of likely N-dealkylation sites (N-methyl/N-ethyl adjacent to an activating group) is 1. The van der Waals surface area contributed by atoms with Crippen LogP contribution in [0.1, 0.15) is 34.7 Å². The molecule has 36 heavy (non-hydrogen) atoms. The standard InChI is InChI=1S/C30H29N5O/c1-34-28-5-3-2-4-24(28)30(29(34)36)19-25(30)21-9-12-23-26(32-33-27(23)18-21)13-8-20-6-10-22(11-7-20)35-16-14-31-15-17-35/h2-13,18,25,31H,14-17,19H2,1H3,(H,32,33)/b13-8+/t25?,30-/m0/s1. The second kappa shape index (κ2) is 8.07. The lowest BCUT2D eigenvalue weighted by Gasteiger charge is -2.29. The van der Waals surface area contributed by atoms with Crippen molar-refractivity contribution in [3.8, 4) is 0 Å². The van der Waals surface area contributed by atoms with E-state index in [2.05, 4.69) is 81.1 Å². The van der Waals surface area contributed by atoms with Gasteiger partial charge in [-0.25, -0.2) is 0 Å². The van der Waals surface area contributed by atoms with Gasteiger partial charge in [0.05, 0.1) is 16.6 Å². The molecule has 0 radical (unpaired) electrons. The molecule has 1 saturated carbocycles. The average molecular weight is 476 g/mol. The minimum absolute atomic E-state index is 0.206. The Morgan fingerprint density at radius 3 is 2.64 bits per heavy atom. The molecule has 2 fully saturated rings. The van der Waals surface area contributed by atoms with Gasteiger partial charge in [-0.1, -0.05) is 48.5 Å². The van der Waals surface area contributed by atoms with E-state index in [4.69, 9.17) is 0 Å². The number of carbonyl (C=O) groups excluding carboxylic acids is 1. The molecule has 1 aliphatic carbocycles. The second-order valence-electron chi connectivity index (χ2n) is 10.2. The van der Waals surface area contributed by atoms with E-state index in [0.29, 0.717) is 0 Å². The van der Waals surface area contributed by atoms with Gasteiger partial charge in [-0.3, -0.25) is 9.89 Å². The summed E-state index contributed by atoms with van der Waals surface area (Å²) in [5.41, 5.74) is 7.37. The highest BCUT2D eigenvalue weighted by Crippen LogP contribution is 2.66. The van der Waals surface area contributed by atoms with E-state index in [1.807, 2.05) is 30.1 Å². The molecule has 1 amide bonds. The monoisotopic (exact) mass is 475 g/mol. The summed E-state index contributed by atoms with van der Waals surface area (Å²) >= 11 is 0. The minimum Gasteiger partial charge on any atom is -0.369 e. The van der Waals surface area contributed by atoms with Crippen LogP contribution in [-0.4, -0.2) is 49.3 Å². The zero-order valence-corrected chi connectivity index (χ0v) is 20.4. The number of piperazine rings is 1. The van der Waals surface area contributed by atoms with Crippen molar-refractivity contribution in [2.24, 2.45) is 0 Å². The van der Waals surface area contributed by atoms with Crippen LogP contribution in [0.2, 0.25) is 0 Å². The van der Waals surface area contributed by atoms with Crippen LogP contribution in [-0.2, 0) is 10.2 Å². The topological polar surface area (TPSA) is 64.3 Å². The van der Waals surface area contributed by atoms with Crippen molar-refractivity contribution >= 4 is 40.3 Å². The lowest BCUT2D eigenvalue weighted by molar-refractivity contribution is -0.120. The Morgan fingerprint density at radius 1 is 1.00 bits per heavy atom. The number of aromatic nitrogens is 2. The first-order valence-corrected chi connectivity index (χ1v) is 12.7. The average Bonchev–Trinajstić information content (AvgIpc) is 3.51. The highest BCUT2D eigenvalue weighted by atomic mass is 16.2. The number of carbonyl (C=O) groups is 1. The van der Waals surface area contributed by atoms with Gasteiger partial charge in [0.15, 0.2) is 0 Å². The van der Waals surface area contributed by atoms with Crippen molar-refractivity contribution in [2.45, 2.75) is 17.8 Å². The van der Waals surface area contributed by atoms with E-state index in [1.54, 1.807) is 0 Å². The number of aromatic amines is 1. The molecule has 6 nitrogen and oxygen atoms in total. The number of nitrogens with one attached hydrogen (secondary N) is 2. The Hall–Kier alpha value is -3.90. The summed E-state index contributed by atoms with van der Waals surface area (Å²) in [5.74, 6) is 0.419. The molecule has 1 unspecified atom stereocenters. The first-order valence-electron chi connectivity index (χ1n) is 12.7. The van der Waals surface area contributed by atoms with E-state index >= 15 is 0 Å². The SMILES string of the molecule is CN1C(=O)[C@@]2(CC2c2ccc3c(/C=C/c4ccc(N5CCNCC5)cc4)n[nH]c3c2)c2ccccc21. The van der Waals surface area contributed by atoms with Crippen LogP contribution in [0.4, 0.5) is 11.4 Å². The van der Waals surface area contributed by atoms with E-state index in [1.165, 1.54) is 16.8 Å². The van der Waals surface area contributed by atoms with Gasteiger partial charge in [-0.15, -0.1) is 0 Å². The predicted octanol–water partition coefficient (Wildman–Crippen LogP) is 4.54. The molecule has 1 spiro atoms. The summed E-state index contributed by atoms with van der Waals surface area (Å²) in [6.45, 7) is 4.18. The van der Waals surface area contributed by atoms with Gasteiger partial charge >= 0.3 is 0 Å². The van der Waals surface area contributed by atoms with E-state index in [-0.39, 0.29) is 11.8 Å². The van der Waals surface area contributed by atoms with Crippen molar-refractivity contribution in [2.75, 3.05) is 43.0 Å². The van der Waals surface area contributed by atoms with Crippen LogP contribution >= 0.6 is 0 Å². The van der Waals surface area contributed by atoms with Crippen LogP contribution in [0.25, 0.3) is 23.1 Å². The van der Waals surface area contributed by atoms with Gasteiger partial charge < -0.3 is 15.1 Å². The fraction of sp³-hybridized carbons (Fsp3) is 0.267. The zero-order valence-electron chi connectivity index (χ0n) is 20.4. The number of anilines is 2. The smallest absolute Gasteiger partial charge is 0.238 e. The molecule has 6 heteroatoms. The minimum atomic E-state index is -0.404. The summed E-state index contributed by atoms with van der Waals surface area (Å²) in [6.07, 6.45) is 5.05. The molecule has 0 bridgehead atoms. The summed E-state index contributed by atoms with van der Waals surface area (Å²) in [4.78, 5) is 17.5. The van der Waals surface area contributed by atoms with Crippen LogP contribution in [0.3, 0.4) is 0 Å². The van der Waals surface area contributed by atoms with Crippen molar-refractivity contribution < 1.29 is 4.79 Å². The Balaban J connectivity index is 1.12. The van der Waals surface area contributed by atoms with Gasteiger partial charge in [-0.05, 0) is 53.5 Å². The number of rotatable bonds is 4. The number of nitrogens with zero attached hydrogens (tertiary/aromatic N) is 3. The third-order valence-electron chi connectivity index (χ3n) is 8.22. The van der Waals surface area contributed by atoms with Crippen LogP contribution < -0.4 is 15.1 Å². The lowest BCUT2D eigenvalue weighted by Crippen LogP contribution is -2.43. The molecule has 2 aliphatic heterocycles. The maximum Gasteiger partial charge on any atom is 0.238 e. The Kier molecular flexibility index (Phi) is 4.79. The van der Waals surface area contributed by atoms with Gasteiger partial charge in [0.1, 0.15) is 0 Å². The van der Waals surface area contributed by atoms with Gasteiger partial charge in [0, 0.05) is 55.9 Å². The van der Waals surface area contributed by atoms with Crippen molar-refractivity contribution in [1.29, 1.82) is 0 Å². The van der Waals surface area contributed by atoms with E-state index < -0.39 is 5.41 Å². The number of H-pyrrole nitrogens is 1. The molecule has 2 atom stereocenters. The predicted molar refractivity (Wildman–Crippen MR) is 145 cm³/mol. The van der Waals surface area contributed by atoms with Crippen molar-refractivity contribution in [3.63, 3.8) is 0 Å². The van der Waals surface area contributed by atoms with E-state index in [9.17, 15) is 4.79 Å². The number of benzene rings is 3. The molecule has 1 saturated heterocycles. The molecule has 3 aliphatic rings. The quantitative estimate of drug-likeness (QED) is 0.455. The highest BCUT2D eigenvalue weighted by Gasteiger charge is 2.66. The fourth-order valence-electron chi connectivity index (χ4n) is 6.16. The van der Waals surface area contributed by atoms with Crippen LogP contribution in [0.5, 0.6) is 0 Å². The summed E-state index contributed by atoms with van der Waals surface area (Å²) < 4.78 is 0. The molecular formula is C30H29N5O. The normalized spacial score (nSPS) is 23.2. The van der Waals surface area contributed by atoms with Crippen LogP contribution in [0, 0.1) is 0 Å². The number of fused-ring (bicyclic) bond motifs is 3. The Labute approximate surface area is 210 Å². The summed E-state index contributed by atoms with van der Waals surface area (Å²) in [7, 11) is 1.89. The first-order chi connectivity index (χ1) is 17.6. The molecule has 2 N–H and O–H groups in total. The van der Waals surface area contributed by atoms with E-state index in [0.717, 1.165) is 60.4 Å². The third-order valence-corrected chi connectivity index (χ3v) is 8.22. The summed E-state index contributed by atoms with van der Waals surface area (Å²) in [5, 5.41) is 12.3. The van der Waals surface area contributed by atoms with Gasteiger partial charge in [0.2, 0.25) is 5.91 Å². The maximum atomic E-state index is 13.2. The molecule has 4 aromatic rings. The molecule has 1 aromatic heterocycles. The number of hydrogen-bond donors (Lipinski definition) is 2. The Morgan fingerprint density at radius 2 is 1.81 bits per heavy atom. The fourth-order valence-corrected chi connectivity index (χ4v) is 6.16. The van der Waals surface area contributed by atoms with Gasteiger partial charge in [-0.2, -0.15) is 5.10 Å². The molecular weight excluding hydrogens is 446 g/mol. The number of amides is 1. The lowest BCUT2D eigenvalue weighted by atomic mass is 9.92.